The van der Waals surface area contributed by atoms with Crippen LogP contribution in [0.1, 0.15) is 27.2 Å². The molecule has 1 rings (SSSR count). The third-order valence-corrected chi connectivity index (χ3v) is 3.77. The molecule has 0 fully saturated rings. The summed E-state index contributed by atoms with van der Waals surface area (Å²) >= 11 is 1.76. The monoisotopic (exact) mass is 229 g/mol. The summed E-state index contributed by atoms with van der Waals surface area (Å²) in [7, 11) is 0. The summed E-state index contributed by atoms with van der Waals surface area (Å²) in [5, 5.41) is 4.72. The van der Waals surface area contributed by atoms with Crippen molar-refractivity contribution in [1.82, 2.24) is 5.32 Å². The number of carbonyl (C=O) groups excluding carboxylic acids is 1. The first-order valence-corrected chi connectivity index (χ1v) is 6.13. The highest BCUT2D eigenvalue weighted by atomic mass is 32.2. The molecule has 0 aromatic rings. The van der Waals surface area contributed by atoms with Crippen LogP contribution in [0.3, 0.4) is 0 Å². The molecule has 4 nitrogen and oxygen atoms in total. The molecule has 86 valence electrons. The first kappa shape index (κ1) is 12.4. The molecule has 1 heterocycles. The van der Waals surface area contributed by atoms with E-state index in [1.54, 1.807) is 11.8 Å². The number of primary amides is 1. The van der Waals surface area contributed by atoms with E-state index in [-0.39, 0.29) is 11.9 Å². The van der Waals surface area contributed by atoms with E-state index in [0.29, 0.717) is 17.6 Å². The topological polar surface area (TPSA) is 67.5 Å². The van der Waals surface area contributed by atoms with Crippen LogP contribution in [0, 0.1) is 5.92 Å². The lowest BCUT2D eigenvalue weighted by molar-refractivity contribution is -0.118. The van der Waals surface area contributed by atoms with Gasteiger partial charge in [0.05, 0.1) is 6.54 Å². The molecule has 0 bridgehead atoms. The third kappa shape index (κ3) is 4.11. The minimum atomic E-state index is -0.279. The lowest BCUT2D eigenvalue weighted by Crippen LogP contribution is -2.33. The Balaban J connectivity index is 2.32. The summed E-state index contributed by atoms with van der Waals surface area (Å²) < 4.78 is 0. The van der Waals surface area contributed by atoms with E-state index in [9.17, 15) is 4.79 Å². The van der Waals surface area contributed by atoms with Crippen molar-refractivity contribution in [2.45, 2.75) is 38.5 Å². The van der Waals surface area contributed by atoms with E-state index < -0.39 is 0 Å². The number of amidine groups is 1. The van der Waals surface area contributed by atoms with Gasteiger partial charge in [0.15, 0.2) is 5.17 Å². The highest BCUT2D eigenvalue weighted by Crippen LogP contribution is 2.26. The molecular formula is C10H19N3OS. The van der Waals surface area contributed by atoms with Gasteiger partial charge in [0.2, 0.25) is 5.91 Å². The van der Waals surface area contributed by atoms with Gasteiger partial charge in [-0.1, -0.05) is 25.6 Å². The zero-order valence-electron chi connectivity index (χ0n) is 9.49. The SMILES string of the molecule is CC(CC(N)=O)NC1=NCC(C(C)C)S1. The molecule has 0 saturated carbocycles. The summed E-state index contributed by atoms with van der Waals surface area (Å²) in [6, 6.07) is 0.0691. The Morgan fingerprint density at radius 3 is 2.80 bits per heavy atom. The van der Waals surface area contributed by atoms with Crippen molar-refractivity contribution in [1.29, 1.82) is 0 Å². The van der Waals surface area contributed by atoms with Gasteiger partial charge in [0.1, 0.15) is 0 Å². The average molecular weight is 229 g/mol. The second kappa shape index (κ2) is 5.39. The standard InChI is InChI=1S/C10H19N3OS/c1-6(2)8-5-12-10(15-8)13-7(3)4-9(11)14/h6-8H,4-5H2,1-3H3,(H2,11,14)(H,12,13). The highest BCUT2D eigenvalue weighted by molar-refractivity contribution is 8.14. The van der Waals surface area contributed by atoms with Gasteiger partial charge in [-0.2, -0.15) is 0 Å². The van der Waals surface area contributed by atoms with Crippen LogP contribution in [0.5, 0.6) is 0 Å². The predicted octanol–water partition coefficient (Wildman–Crippen LogP) is 0.967. The fourth-order valence-electron chi connectivity index (χ4n) is 1.38. The number of hydrogen-bond acceptors (Lipinski definition) is 4. The Hall–Kier alpha value is -0.710. The Bertz CT molecular complexity index is 265. The van der Waals surface area contributed by atoms with Crippen LogP contribution in [-0.2, 0) is 4.79 Å². The first-order chi connectivity index (χ1) is 6.99. The first-order valence-electron chi connectivity index (χ1n) is 5.25. The third-order valence-electron chi connectivity index (χ3n) is 2.30. The maximum absolute atomic E-state index is 10.7. The minimum Gasteiger partial charge on any atom is -0.370 e. The Kier molecular flexibility index (Phi) is 4.45. The van der Waals surface area contributed by atoms with Crippen molar-refractivity contribution < 1.29 is 4.79 Å². The van der Waals surface area contributed by atoms with Crippen molar-refractivity contribution in [3.8, 4) is 0 Å². The molecule has 0 radical (unpaired) electrons. The van der Waals surface area contributed by atoms with Crippen LogP contribution >= 0.6 is 11.8 Å². The van der Waals surface area contributed by atoms with Crippen LogP contribution in [0.4, 0.5) is 0 Å². The number of aliphatic imine (C=N–C) groups is 1. The number of thioether (sulfide) groups is 1. The molecule has 2 unspecified atom stereocenters. The Morgan fingerprint density at radius 1 is 1.67 bits per heavy atom. The Morgan fingerprint density at radius 2 is 2.33 bits per heavy atom. The van der Waals surface area contributed by atoms with Gasteiger partial charge in [-0.25, -0.2) is 0 Å². The van der Waals surface area contributed by atoms with Crippen molar-refractivity contribution in [2.24, 2.45) is 16.6 Å². The molecule has 1 aliphatic heterocycles. The van der Waals surface area contributed by atoms with Gasteiger partial charge in [0.25, 0.3) is 0 Å². The van der Waals surface area contributed by atoms with Gasteiger partial charge < -0.3 is 11.1 Å². The molecular weight excluding hydrogens is 210 g/mol. The van der Waals surface area contributed by atoms with E-state index >= 15 is 0 Å². The van der Waals surface area contributed by atoms with Gasteiger partial charge in [-0.05, 0) is 12.8 Å². The molecule has 5 heteroatoms. The minimum absolute atomic E-state index is 0.0691. The Labute approximate surface area is 95.1 Å². The van der Waals surface area contributed by atoms with Crippen LogP contribution in [0.25, 0.3) is 0 Å². The lowest BCUT2D eigenvalue weighted by atomic mass is 10.1. The molecule has 1 aliphatic rings. The highest BCUT2D eigenvalue weighted by Gasteiger charge is 2.23. The summed E-state index contributed by atoms with van der Waals surface area (Å²) in [6.45, 7) is 7.20. The largest absolute Gasteiger partial charge is 0.370 e. The fraction of sp³-hybridized carbons (Fsp3) is 0.800. The quantitative estimate of drug-likeness (QED) is 0.754. The predicted molar refractivity (Wildman–Crippen MR) is 64.9 cm³/mol. The molecule has 2 atom stereocenters. The molecule has 3 N–H and O–H groups in total. The lowest BCUT2D eigenvalue weighted by Gasteiger charge is -2.15. The molecule has 0 aromatic heterocycles. The van der Waals surface area contributed by atoms with Gasteiger partial charge >= 0.3 is 0 Å². The van der Waals surface area contributed by atoms with Crippen molar-refractivity contribution in [3.05, 3.63) is 0 Å². The number of nitrogens with one attached hydrogen (secondary N) is 1. The summed E-state index contributed by atoms with van der Waals surface area (Å²) in [6.07, 6.45) is 0.353. The fourth-order valence-corrected chi connectivity index (χ4v) is 2.51. The number of hydrogen-bond donors (Lipinski definition) is 2. The van der Waals surface area contributed by atoms with E-state index in [1.165, 1.54) is 0 Å². The number of amides is 1. The molecule has 0 aliphatic carbocycles. The number of rotatable bonds is 4. The van der Waals surface area contributed by atoms with Crippen LogP contribution < -0.4 is 11.1 Å². The number of nitrogens with zero attached hydrogens (tertiary/aromatic N) is 1. The van der Waals surface area contributed by atoms with Gasteiger partial charge in [0, 0.05) is 17.7 Å². The van der Waals surface area contributed by atoms with E-state index in [2.05, 4.69) is 24.2 Å². The van der Waals surface area contributed by atoms with Gasteiger partial charge in [-0.3, -0.25) is 9.79 Å². The number of nitrogens with two attached hydrogens (primary N) is 1. The summed E-state index contributed by atoms with van der Waals surface area (Å²) in [4.78, 5) is 15.1. The summed E-state index contributed by atoms with van der Waals surface area (Å²) in [5.41, 5.74) is 5.12. The maximum Gasteiger partial charge on any atom is 0.219 e. The second-order valence-electron chi connectivity index (χ2n) is 4.26. The maximum atomic E-state index is 10.7. The van der Waals surface area contributed by atoms with Crippen molar-refractivity contribution in [3.63, 3.8) is 0 Å². The zero-order valence-corrected chi connectivity index (χ0v) is 10.3. The zero-order chi connectivity index (χ0) is 11.4. The number of carbonyl (C=O) groups is 1. The van der Waals surface area contributed by atoms with E-state index in [4.69, 9.17) is 5.73 Å². The molecule has 15 heavy (non-hydrogen) atoms. The molecule has 0 saturated heterocycles. The van der Waals surface area contributed by atoms with Crippen LogP contribution in [0.15, 0.2) is 4.99 Å². The summed E-state index contributed by atoms with van der Waals surface area (Å²) in [5.74, 6) is 0.350. The van der Waals surface area contributed by atoms with Crippen LogP contribution in [-0.4, -0.2) is 28.9 Å². The van der Waals surface area contributed by atoms with Crippen molar-refractivity contribution in [2.75, 3.05) is 6.54 Å². The van der Waals surface area contributed by atoms with E-state index in [1.807, 2.05) is 6.92 Å². The average Bonchev–Trinajstić information content (AvgIpc) is 2.50. The smallest absolute Gasteiger partial charge is 0.219 e. The molecule has 0 aromatic carbocycles. The molecule has 0 spiro atoms. The molecule has 1 amide bonds. The normalized spacial score (nSPS) is 22.7. The van der Waals surface area contributed by atoms with Crippen molar-refractivity contribution >= 4 is 22.8 Å². The second-order valence-corrected chi connectivity index (χ2v) is 5.49. The van der Waals surface area contributed by atoms with Crippen LogP contribution in [0.2, 0.25) is 0 Å². The van der Waals surface area contributed by atoms with Gasteiger partial charge in [-0.15, -0.1) is 0 Å². The van der Waals surface area contributed by atoms with E-state index in [0.717, 1.165) is 11.7 Å².